The summed E-state index contributed by atoms with van der Waals surface area (Å²) in [5, 5.41) is 19.6. The van der Waals surface area contributed by atoms with E-state index in [1.165, 1.54) is 61.8 Å². The molecule has 5 rings (SSSR count). The number of ether oxygens (including phenoxy) is 1. The lowest BCUT2D eigenvalue weighted by Gasteiger charge is -2.60. The fourth-order valence-electron chi connectivity index (χ4n) is 10.1. The van der Waals surface area contributed by atoms with Gasteiger partial charge in [-0.25, -0.2) is 4.79 Å². The Morgan fingerprint density at radius 3 is 2.59 bits per heavy atom. The first kappa shape index (κ1) is 30.1. The summed E-state index contributed by atoms with van der Waals surface area (Å²) in [6.07, 6.45) is 15.5. The lowest BCUT2D eigenvalue weighted by Crippen LogP contribution is -2.54. The van der Waals surface area contributed by atoms with Crippen LogP contribution in [0.5, 0.6) is 0 Å². The highest BCUT2D eigenvalue weighted by atomic mass is 127. The smallest absolute Gasteiger partial charge is 0.410 e. The summed E-state index contributed by atoms with van der Waals surface area (Å²) in [5.74, 6) is 3.93. The van der Waals surface area contributed by atoms with E-state index < -0.39 is 6.10 Å². The van der Waals surface area contributed by atoms with Gasteiger partial charge in [0.05, 0.1) is 25.3 Å². The fourth-order valence-corrected chi connectivity index (χ4v) is 11.4. The zero-order valence-corrected chi connectivity index (χ0v) is 27.3. The number of rotatable bonds is 7. The van der Waals surface area contributed by atoms with Gasteiger partial charge in [0.15, 0.2) is 0 Å². The van der Waals surface area contributed by atoms with Crippen LogP contribution < -0.4 is 0 Å². The third-order valence-electron chi connectivity index (χ3n) is 12.5. The number of hydrogen-bond donors (Lipinski definition) is 2. The first-order valence-electron chi connectivity index (χ1n) is 16.1. The summed E-state index contributed by atoms with van der Waals surface area (Å²) in [6, 6.07) is -0.332. The maximum atomic E-state index is 12.9. The van der Waals surface area contributed by atoms with Crippen LogP contribution in [0.4, 0.5) is 4.79 Å². The molecule has 5 aliphatic rings. The quantitative estimate of drug-likeness (QED) is 0.169. The molecule has 1 aliphatic heterocycles. The normalized spacial score (nSPS) is 44.4. The van der Waals surface area contributed by atoms with Crippen molar-refractivity contribution in [3.63, 3.8) is 0 Å². The van der Waals surface area contributed by atoms with Crippen LogP contribution in [-0.4, -0.2) is 56.0 Å². The van der Waals surface area contributed by atoms with Crippen LogP contribution in [0.2, 0.25) is 0 Å². The predicted molar refractivity (Wildman–Crippen MR) is 165 cm³/mol. The minimum Gasteiger partial charge on any atom is -0.446 e. The van der Waals surface area contributed by atoms with Crippen LogP contribution in [0.1, 0.15) is 112 Å². The molecule has 39 heavy (non-hydrogen) atoms. The van der Waals surface area contributed by atoms with E-state index in [9.17, 15) is 15.0 Å². The van der Waals surface area contributed by atoms with Crippen molar-refractivity contribution < 1.29 is 19.7 Å². The maximum Gasteiger partial charge on any atom is 0.410 e. The summed E-state index contributed by atoms with van der Waals surface area (Å²) in [4.78, 5) is 14.5. The topological polar surface area (TPSA) is 70.0 Å². The summed E-state index contributed by atoms with van der Waals surface area (Å²) in [6.45, 7) is 12.6. The summed E-state index contributed by atoms with van der Waals surface area (Å²) < 4.78 is 6.41. The Bertz CT molecular complexity index is 939. The number of amides is 1. The van der Waals surface area contributed by atoms with Crippen LogP contribution in [0.25, 0.3) is 0 Å². The summed E-state index contributed by atoms with van der Waals surface area (Å²) in [5.41, 5.74) is 2.19. The molecule has 222 valence electrons. The zero-order chi connectivity index (χ0) is 28.2. The van der Waals surface area contributed by atoms with Crippen molar-refractivity contribution in [3.05, 3.63) is 11.6 Å². The number of allylic oxidation sites excluding steroid dienone is 1. The first-order valence-corrected chi connectivity index (χ1v) is 17.2. The molecule has 10 atom stereocenters. The van der Waals surface area contributed by atoms with E-state index in [0.29, 0.717) is 15.3 Å². The predicted octanol–water partition coefficient (Wildman–Crippen LogP) is 7.52. The molecule has 1 unspecified atom stereocenters. The van der Waals surface area contributed by atoms with Gasteiger partial charge in [-0.3, -0.25) is 0 Å². The minimum atomic E-state index is -0.570. The number of aliphatic hydroxyl groups is 2. The third kappa shape index (κ3) is 5.23. The molecule has 4 aliphatic carbocycles. The molecule has 5 nitrogen and oxygen atoms in total. The van der Waals surface area contributed by atoms with Crippen molar-refractivity contribution in [1.82, 2.24) is 4.90 Å². The van der Waals surface area contributed by atoms with Crippen molar-refractivity contribution in [2.75, 3.05) is 13.2 Å². The van der Waals surface area contributed by atoms with Gasteiger partial charge in [-0.15, -0.1) is 0 Å². The monoisotopic (exact) mass is 655 g/mol. The Kier molecular flexibility index (Phi) is 8.80. The number of fused-ring (bicyclic) bond motifs is 5. The van der Waals surface area contributed by atoms with Crippen LogP contribution >= 0.6 is 22.6 Å². The SMILES string of the molecule is CC(C)CCC[C@@H](C)[C@@]1(I)CC[C@H]2C3CC=C4C[C@@H](OC(=O)N5C[C@H](O)C[C@H]5CO)CC[C@]4(C)[C@H]3CC[C@@]21C. The largest absolute Gasteiger partial charge is 0.446 e. The number of likely N-dealkylation sites (tertiary alicyclic amines) is 1. The molecule has 0 aromatic heterocycles. The third-order valence-corrected chi connectivity index (χ3v) is 15.4. The van der Waals surface area contributed by atoms with E-state index in [1.54, 1.807) is 0 Å². The molecule has 2 N–H and O–H groups in total. The van der Waals surface area contributed by atoms with Gasteiger partial charge >= 0.3 is 6.09 Å². The Hall–Kier alpha value is -0.340. The van der Waals surface area contributed by atoms with Crippen molar-refractivity contribution in [3.8, 4) is 0 Å². The Morgan fingerprint density at radius 1 is 1.13 bits per heavy atom. The average molecular weight is 656 g/mol. The molecule has 0 spiro atoms. The average Bonchev–Trinajstić information content (AvgIpc) is 3.41. The molecular weight excluding hydrogens is 601 g/mol. The molecule has 1 amide bonds. The number of alkyl halides is 1. The van der Waals surface area contributed by atoms with Crippen molar-refractivity contribution in [2.45, 2.75) is 133 Å². The van der Waals surface area contributed by atoms with Gasteiger partial charge < -0.3 is 19.8 Å². The van der Waals surface area contributed by atoms with Crippen LogP contribution in [0, 0.1) is 40.4 Å². The lowest BCUT2D eigenvalue weighted by atomic mass is 9.47. The molecule has 0 bridgehead atoms. The number of β-amino-alcohol motifs (C(OH)–C–C–N with tert-alkyl or cyclic N) is 1. The molecule has 0 radical (unpaired) electrons. The van der Waals surface area contributed by atoms with E-state index in [1.807, 2.05) is 0 Å². The number of halogens is 1. The number of hydrogen-bond acceptors (Lipinski definition) is 4. The van der Waals surface area contributed by atoms with Gasteiger partial charge in [-0.1, -0.05) is 81.7 Å². The van der Waals surface area contributed by atoms with E-state index >= 15 is 0 Å². The first-order chi connectivity index (χ1) is 18.4. The fraction of sp³-hybridized carbons (Fsp3) is 0.909. The molecule has 4 fully saturated rings. The second kappa shape index (κ2) is 11.4. The van der Waals surface area contributed by atoms with Crippen LogP contribution in [0.3, 0.4) is 0 Å². The Morgan fingerprint density at radius 2 is 1.87 bits per heavy atom. The van der Waals surface area contributed by atoms with E-state index in [4.69, 9.17) is 4.74 Å². The summed E-state index contributed by atoms with van der Waals surface area (Å²) >= 11 is 2.94. The Balaban J connectivity index is 1.26. The van der Waals surface area contributed by atoms with E-state index in [-0.39, 0.29) is 36.8 Å². The van der Waals surface area contributed by atoms with Crippen molar-refractivity contribution in [1.29, 1.82) is 0 Å². The molecule has 1 saturated heterocycles. The van der Waals surface area contributed by atoms with Gasteiger partial charge in [0.2, 0.25) is 0 Å². The van der Waals surface area contributed by atoms with Gasteiger partial charge in [0, 0.05) is 9.84 Å². The zero-order valence-electron chi connectivity index (χ0n) is 25.1. The molecule has 6 heteroatoms. The van der Waals surface area contributed by atoms with Gasteiger partial charge in [-0.05, 0) is 98.2 Å². The molecule has 3 saturated carbocycles. The van der Waals surface area contributed by atoms with Crippen LogP contribution in [-0.2, 0) is 4.74 Å². The van der Waals surface area contributed by atoms with Crippen molar-refractivity contribution in [2.24, 2.45) is 40.4 Å². The molecular formula is C33H54INO4. The van der Waals surface area contributed by atoms with Gasteiger partial charge in [0.1, 0.15) is 6.10 Å². The highest BCUT2D eigenvalue weighted by Crippen LogP contribution is 2.70. The second-order valence-electron chi connectivity index (χ2n) is 15.0. The number of carbonyl (C=O) groups is 1. The number of carbonyl (C=O) groups excluding carboxylic acids is 1. The van der Waals surface area contributed by atoms with E-state index in [0.717, 1.165) is 48.9 Å². The summed E-state index contributed by atoms with van der Waals surface area (Å²) in [7, 11) is 0. The molecule has 1 heterocycles. The van der Waals surface area contributed by atoms with E-state index in [2.05, 4.69) is 63.3 Å². The molecule has 0 aromatic carbocycles. The maximum absolute atomic E-state index is 12.9. The number of nitrogens with zero attached hydrogens (tertiary/aromatic N) is 1. The van der Waals surface area contributed by atoms with Crippen molar-refractivity contribution >= 4 is 28.7 Å². The number of aliphatic hydroxyl groups excluding tert-OH is 2. The highest BCUT2D eigenvalue weighted by Gasteiger charge is 2.64. The lowest BCUT2D eigenvalue weighted by molar-refractivity contribution is -0.0507. The standard InChI is InChI=1S/C33H54INO4/c1-21(2)7-6-8-22(3)33(34)16-13-29-27-10-9-23-17-26(39-30(38)35-19-25(37)18-24(35)20-36)11-14-31(23,4)28(27)12-15-32(29,33)5/h9,21-22,24-29,36-37H,6-8,10-20H2,1-5H3/t22-,24+,25-,26+,27?,28+,29+,31+,32+,33+/m1/s1. The highest BCUT2D eigenvalue weighted by molar-refractivity contribution is 14.1. The Labute approximate surface area is 251 Å². The van der Waals surface area contributed by atoms with Gasteiger partial charge in [0.25, 0.3) is 0 Å². The minimum absolute atomic E-state index is 0.0977. The molecule has 0 aromatic rings. The second-order valence-corrected chi connectivity index (χ2v) is 16.9. The van der Waals surface area contributed by atoms with Gasteiger partial charge in [-0.2, -0.15) is 0 Å². The van der Waals surface area contributed by atoms with Crippen LogP contribution in [0.15, 0.2) is 11.6 Å².